The summed E-state index contributed by atoms with van der Waals surface area (Å²) < 4.78 is 0. The van der Waals surface area contributed by atoms with Gasteiger partial charge in [0.1, 0.15) is 0 Å². The first-order valence-electron chi connectivity index (χ1n) is 9.03. The highest BCUT2D eigenvalue weighted by molar-refractivity contribution is 6.34. The molecule has 0 aliphatic carbocycles. The molecule has 0 fully saturated rings. The zero-order valence-electron chi connectivity index (χ0n) is 16.1. The Morgan fingerprint density at radius 2 is 1.68 bits per heavy atom. The maximum atomic E-state index is 12.6. The van der Waals surface area contributed by atoms with Crippen LogP contribution in [-0.2, 0) is 11.3 Å². The summed E-state index contributed by atoms with van der Waals surface area (Å²) >= 11 is 6.45. The fourth-order valence-corrected chi connectivity index (χ4v) is 3.24. The maximum Gasteiger partial charge on any atom is 0.255 e. The SMILES string of the molecule is C=C(C(=O)Nc1ccc(CN(C)C)cc1)c1ccc(-c2ccccc2)c(Cl)c1. The van der Waals surface area contributed by atoms with Crippen molar-refractivity contribution in [2.45, 2.75) is 6.54 Å². The van der Waals surface area contributed by atoms with Gasteiger partial charge in [-0.05, 0) is 49.0 Å². The lowest BCUT2D eigenvalue weighted by atomic mass is 10.0. The number of nitrogens with zero attached hydrogens (tertiary/aromatic N) is 1. The minimum atomic E-state index is -0.246. The fourth-order valence-electron chi connectivity index (χ4n) is 2.95. The van der Waals surface area contributed by atoms with Crippen LogP contribution in [0.25, 0.3) is 16.7 Å². The van der Waals surface area contributed by atoms with Crippen LogP contribution < -0.4 is 5.32 Å². The first-order chi connectivity index (χ1) is 13.4. The van der Waals surface area contributed by atoms with E-state index < -0.39 is 0 Å². The van der Waals surface area contributed by atoms with E-state index in [1.54, 1.807) is 6.07 Å². The quantitative estimate of drug-likeness (QED) is 0.546. The number of benzene rings is 3. The van der Waals surface area contributed by atoms with Crippen LogP contribution in [0.3, 0.4) is 0 Å². The fraction of sp³-hybridized carbons (Fsp3) is 0.125. The van der Waals surface area contributed by atoms with Crippen LogP contribution in [0.2, 0.25) is 5.02 Å². The van der Waals surface area contributed by atoms with Gasteiger partial charge in [0.05, 0.1) is 0 Å². The second kappa shape index (κ2) is 8.87. The number of hydrogen-bond acceptors (Lipinski definition) is 2. The van der Waals surface area contributed by atoms with Gasteiger partial charge >= 0.3 is 0 Å². The zero-order valence-corrected chi connectivity index (χ0v) is 16.8. The standard InChI is InChI=1S/C24H23ClN2O/c1-17(24(28)26-21-12-9-18(10-13-21)16-27(2)3)20-11-14-22(23(25)15-20)19-7-5-4-6-8-19/h4-15H,1,16H2,2-3H3,(H,26,28). The third-order valence-corrected chi connectivity index (χ3v) is 4.70. The van der Waals surface area contributed by atoms with Crippen molar-refractivity contribution in [2.75, 3.05) is 19.4 Å². The molecule has 0 aromatic heterocycles. The van der Waals surface area contributed by atoms with Gasteiger partial charge in [-0.1, -0.05) is 72.8 Å². The third kappa shape index (κ3) is 4.89. The molecule has 0 saturated heterocycles. The number of amides is 1. The van der Waals surface area contributed by atoms with Gasteiger partial charge < -0.3 is 10.2 Å². The highest BCUT2D eigenvalue weighted by Gasteiger charge is 2.12. The molecule has 0 aliphatic rings. The Labute approximate surface area is 171 Å². The Bertz CT molecular complexity index is 979. The summed E-state index contributed by atoms with van der Waals surface area (Å²) in [6.07, 6.45) is 0. The summed E-state index contributed by atoms with van der Waals surface area (Å²) in [4.78, 5) is 14.7. The number of anilines is 1. The van der Waals surface area contributed by atoms with E-state index in [2.05, 4.69) is 16.8 Å². The summed E-state index contributed by atoms with van der Waals surface area (Å²) in [6, 6.07) is 23.3. The molecule has 0 aliphatic heterocycles. The Kier molecular flexibility index (Phi) is 6.30. The van der Waals surface area contributed by atoms with Crippen LogP contribution in [0.5, 0.6) is 0 Å². The molecule has 0 saturated carbocycles. The lowest BCUT2D eigenvalue weighted by molar-refractivity contribution is -0.111. The molecule has 1 amide bonds. The van der Waals surface area contributed by atoms with Crippen LogP contribution in [0.4, 0.5) is 5.69 Å². The maximum absolute atomic E-state index is 12.6. The number of nitrogens with one attached hydrogen (secondary N) is 1. The Morgan fingerprint density at radius 3 is 2.29 bits per heavy atom. The van der Waals surface area contributed by atoms with Crippen molar-refractivity contribution in [1.82, 2.24) is 4.90 Å². The minimum Gasteiger partial charge on any atom is -0.322 e. The topological polar surface area (TPSA) is 32.3 Å². The van der Waals surface area contributed by atoms with Crippen LogP contribution in [0.15, 0.2) is 79.4 Å². The molecular weight excluding hydrogens is 368 g/mol. The summed E-state index contributed by atoms with van der Waals surface area (Å²) in [7, 11) is 4.04. The van der Waals surface area contributed by atoms with Gasteiger partial charge in [-0.3, -0.25) is 4.79 Å². The lowest BCUT2D eigenvalue weighted by Crippen LogP contribution is -2.13. The minimum absolute atomic E-state index is 0.246. The molecule has 0 heterocycles. The van der Waals surface area contributed by atoms with Crippen molar-refractivity contribution in [3.8, 4) is 11.1 Å². The molecule has 0 unspecified atom stereocenters. The highest BCUT2D eigenvalue weighted by atomic mass is 35.5. The van der Waals surface area contributed by atoms with E-state index in [9.17, 15) is 4.79 Å². The molecule has 3 rings (SSSR count). The molecule has 0 radical (unpaired) electrons. The molecule has 3 aromatic carbocycles. The van der Waals surface area contributed by atoms with E-state index in [0.29, 0.717) is 16.2 Å². The second-order valence-electron chi connectivity index (χ2n) is 6.93. The second-order valence-corrected chi connectivity index (χ2v) is 7.34. The summed E-state index contributed by atoms with van der Waals surface area (Å²) in [5.74, 6) is -0.246. The molecule has 0 atom stereocenters. The monoisotopic (exact) mass is 390 g/mol. The lowest BCUT2D eigenvalue weighted by Gasteiger charge is -2.12. The molecule has 0 bridgehead atoms. The van der Waals surface area contributed by atoms with Crippen molar-refractivity contribution >= 4 is 28.8 Å². The zero-order chi connectivity index (χ0) is 20.1. The predicted octanol–water partition coefficient (Wildman–Crippen LogP) is 5.72. The van der Waals surface area contributed by atoms with Gasteiger partial charge in [-0.25, -0.2) is 0 Å². The van der Waals surface area contributed by atoms with Gasteiger partial charge in [-0.15, -0.1) is 0 Å². The van der Waals surface area contributed by atoms with Gasteiger partial charge in [0.15, 0.2) is 0 Å². The number of rotatable bonds is 6. The average molecular weight is 391 g/mol. The van der Waals surface area contributed by atoms with Gasteiger partial charge in [0, 0.05) is 28.4 Å². The van der Waals surface area contributed by atoms with Crippen molar-refractivity contribution in [3.63, 3.8) is 0 Å². The molecule has 3 aromatic rings. The van der Waals surface area contributed by atoms with Gasteiger partial charge in [-0.2, -0.15) is 0 Å². The number of halogens is 1. The van der Waals surface area contributed by atoms with Gasteiger partial charge in [0.25, 0.3) is 5.91 Å². The molecule has 1 N–H and O–H groups in total. The van der Waals surface area contributed by atoms with Crippen LogP contribution in [0, 0.1) is 0 Å². The van der Waals surface area contributed by atoms with Crippen LogP contribution >= 0.6 is 11.6 Å². The number of carbonyl (C=O) groups is 1. The van der Waals surface area contributed by atoms with Crippen LogP contribution in [-0.4, -0.2) is 24.9 Å². The van der Waals surface area contributed by atoms with E-state index in [1.165, 1.54) is 5.56 Å². The van der Waals surface area contributed by atoms with Crippen LogP contribution in [0.1, 0.15) is 11.1 Å². The van der Waals surface area contributed by atoms with Crippen molar-refractivity contribution in [2.24, 2.45) is 0 Å². The first-order valence-corrected chi connectivity index (χ1v) is 9.41. The first kappa shape index (κ1) is 19.9. The van der Waals surface area contributed by atoms with Crippen molar-refractivity contribution < 1.29 is 4.79 Å². The molecule has 0 spiro atoms. The molecule has 142 valence electrons. The predicted molar refractivity (Wildman–Crippen MR) is 118 cm³/mol. The van der Waals surface area contributed by atoms with E-state index in [-0.39, 0.29) is 5.91 Å². The molecule has 3 nitrogen and oxygen atoms in total. The summed E-state index contributed by atoms with van der Waals surface area (Å²) in [5, 5.41) is 3.48. The Hall–Kier alpha value is -2.88. The van der Waals surface area contributed by atoms with Gasteiger partial charge in [0.2, 0.25) is 0 Å². The highest BCUT2D eigenvalue weighted by Crippen LogP contribution is 2.30. The van der Waals surface area contributed by atoms with Crippen molar-refractivity contribution in [3.05, 3.63) is 95.5 Å². The molecular formula is C24H23ClN2O. The molecule has 4 heteroatoms. The van der Waals surface area contributed by atoms with E-state index in [4.69, 9.17) is 11.6 Å². The normalized spacial score (nSPS) is 10.7. The largest absolute Gasteiger partial charge is 0.322 e. The third-order valence-electron chi connectivity index (χ3n) is 4.39. The van der Waals surface area contributed by atoms with E-state index in [0.717, 1.165) is 23.4 Å². The Balaban J connectivity index is 1.71. The smallest absolute Gasteiger partial charge is 0.255 e. The summed E-state index contributed by atoms with van der Waals surface area (Å²) in [6.45, 7) is 4.80. The average Bonchev–Trinajstić information content (AvgIpc) is 2.69. The van der Waals surface area contributed by atoms with E-state index >= 15 is 0 Å². The number of hydrogen-bond donors (Lipinski definition) is 1. The van der Waals surface area contributed by atoms with E-state index in [1.807, 2.05) is 80.8 Å². The molecule has 28 heavy (non-hydrogen) atoms. The Morgan fingerprint density at radius 1 is 1.00 bits per heavy atom. The number of carbonyl (C=O) groups excluding carboxylic acids is 1. The van der Waals surface area contributed by atoms with Crippen molar-refractivity contribution in [1.29, 1.82) is 0 Å². The summed E-state index contributed by atoms with van der Waals surface area (Å²) in [5.41, 5.74) is 4.96.